The number of likely N-dealkylation sites (N-methyl/N-ethyl adjacent to an activating group) is 1. The summed E-state index contributed by atoms with van der Waals surface area (Å²) in [5.41, 5.74) is 4.61. The Morgan fingerprint density at radius 2 is 1.71 bits per heavy atom. The number of quaternary nitrogens is 2. The van der Waals surface area contributed by atoms with E-state index in [1.54, 1.807) is 16.8 Å². The van der Waals surface area contributed by atoms with E-state index in [0.29, 0.717) is 6.54 Å². The fourth-order valence-corrected chi connectivity index (χ4v) is 4.21. The molecule has 6 heteroatoms. The number of nitrogens with zero attached hydrogens (tertiary/aromatic N) is 1. The topological polar surface area (TPSA) is 58.3 Å². The summed E-state index contributed by atoms with van der Waals surface area (Å²) in [7, 11) is 1.71. The van der Waals surface area contributed by atoms with Gasteiger partial charge in [0, 0.05) is 18.3 Å². The third kappa shape index (κ3) is 6.91. The normalized spacial score (nSPS) is 18.4. The molecule has 0 saturated carbocycles. The first kappa shape index (κ1) is 23.0. The molecule has 0 aliphatic carbocycles. The molecule has 0 atom stereocenters. The first-order valence-corrected chi connectivity index (χ1v) is 11.3. The van der Waals surface area contributed by atoms with Crippen molar-refractivity contribution in [2.75, 3.05) is 51.6 Å². The van der Waals surface area contributed by atoms with Crippen LogP contribution in [0.2, 0.25) is 0 Å². The van der Waals surface area contributed by atoms with Gasteiger partial charge in [0.2, 0.25) is 5.91 Å². The summed E-state index contributed by atoms with van der Waals surface area (Å²) in [6.07, 6.45) is 0.854. The lowest BCUT2D eigenvalue weighted by molar-refractivity contribution is -1.02. The third-order valence-corrected chi connectivity index (χ3v) is 6.08. The minimum atomic E-state index is -0.154. The Morgan fingerprint density at radius 1 is 1.00 bits per heavy atom. The molecule has 31 heavy (non-hydrogen) atoms. The zero-order valence-electron chi connectivity index (χ0n) is 19.0. The van der Waals surface area contributed by atoms with Gasteiger partial charge in [-0.1, -0.05) is 55.0 Å². The maximum atomic E-state index is 12.7. The van der Waals surface area contributed by atoms with Crippen molar-refractivity contribution in [2.24, 2.45) is 0 Å². The fraction of sp³-hybridized carbons (Fsp3) is 0.440. The number of hydrogen-bond donors (Lipinski definition) is 3. The van der Waals surface area contributed by atoms with E-state index >= 15 is 0 Å². The molecule has 1 saturated heterocycles. The highest BCUT2D eigenvalue weighted by atomic mass is 16.2. The zero-order valence-corrected chi connectivity index (χ0v) is 19.0. The highest BCUT2D eigenvalue weighted by Crippen LogP contribution is 2.15. The van der Waals surface area contributed by atoms with E-state index in [1.807, 2.05) is 24.3 Å². The summed E-state index contributed by atoms with van der Waals surface area (Å²) in [5.74, 6) is -0.129. The van der Waals surface area contributed by atoms with Crippen LogP contribution in [0.25, 0.3) is 0 Å². The third-order valence-electron chi connectivity index (χ3n) is 6.08. The van der Waals surface area contributed by atoms with E-state index < -0.39 is 0 Å². The second kappa shape index (κ2) is 11.1. The van der Waals surface area contributed by atoms with Crippen LogP contribution < -0.4 is 15.1 Å². The molecule has 0 unspecified atom stereocenters. The summed E-state index contributed by atoms with van der Waals surface area (Å²) in [6, 6.07) is 16.5. The maximum absolute atomic E-state index is 12.7. The van der Waals surface area contributed by atoms with E-state index in [9.17, 15) is 9.59 Å². The Kier molecular flexibility index (Phi) is 8.20. The van der Waals surface area contributed by atoms with Crippen LogP contribution in [0.3, 0.4) is 0 Å². The van der Waals surface area contributed by atoms with Crippen LogP contribution in [-0.2, 0) is 22.6 Å². The number of carbonyl (C=O) groups excluding carboxylic acids is 2. The molecule has 1 aliphatic rings. The standard InChI is InChI=1S/C25H34N4O2/c1-4-22-10-5-6-11-23(22)26-24(30)18-27(3)25(31)19-29-14-12-28(13-15-29)17-21-9-7-8-20(2)16-21/h5-11,16H,4,12-15,17-19H2,1-3H3,(H,26,30)/p+2. The minimum absolute atomic E-state index is 0.0241. The molecule has 2 aromatic carbocycles. The van der Waals surface area contributed by atoms with Crippen molar-refractivity contribution in [3.8, 4) is 0 Å². The number of hydrogen-bond acceptors (Lipinski definition) is 2. The first-order valence-electron chi connectivity index (χ1n) is 11.3. The minimum Gasteiger partial charge on any atom is -0.332 e. The van der Waals surface area contributed by atoms with Crippen molar-refractivity contribution in [2.45, 2.75) is 26.8 Å². The molecule has 3 rings (SSSR count). The molecule has 0 bridgehead atoms. The van der Waals surface area contributed by atoms with E-state index in [4.69, 9.17) is 0 Å². The predicted molar refractivity (Wildman–Crippen MR) is 123 cm³/mol. The van der Waals surface area contributed by atoms with Gasteiger partial charge in [-0.15, -0.1) is 0 Å². The van der Waals surface area contributed by atoms with Crippen molar-refractivity contribution in [1.29, 1.82) is 0 Å². The van der Waals surface area contributed by atoms with Gasteiger partial charge in [0.25, 0.3) is 5.91 Å². The van der Waals surface area contributed by atoms with Gasteiger partial charge in [0.15, 0.2) is 6.54 Å². The largest absolute Gasteiger partial charge is 0.332 e. The van der Waals surface area contributed by atoms with Gasteiger partial charge in [0.05, 0.1) is 6.54 Å². The molecule has 2 amide bonds. The van der Waals surface area contributed by atoms with E-state index in [0.717, 1.165) is 50.4 Å². The average molecular weight is 425 g/mol. The van der Waals surface area contributed by atoms with Crippen LogP contribution in [0.4, 0.5) is 5.69 Å². The monoisotopic (exact) mass is 424 g/mol. The molecule has 1 aliphatic heterocycles. The number of nitrogens with one attached hydrogen (secondary N) is 3. The smallest absolute Gasteiger partial charge is 0.277 e. The SMILES string of the molecule is CCc1ccccc1NC(=O)CN(C)C(=O)C[NH+]1CC[NH+](Cc2cccc(C)c2)CC1. The summed E-state index contributed by atoms with van der Waals surface area (Å²) < 4.78 is 0. The lowest BCUT2D eigenvalue weighted by atomic mass is 10.1. The van der Waals surface area contributed by atoms with Crippen LogP contribution in [0.1, 0.15) is 23.6 Å². The predicted octanol–water partition coefficient (Wildman–Crippen LogP) is -0.0621. The Balaban J connectivity index is 1.41. The highest BCUT2D eigenvalue weighted by Gasteiger charge is 2.26. The van der Waals surface area contributed by atoms with Crippen molar-refractivity contribution in [3.05, 3.63) is 65.2 Å². The molecule has 166 valence electrons. The second-order valence-corrected chi connectivity index (χ2v) is 8.65. The molecule has 0 aromatic heterocycles. The van der Waals surface area contributed by atoms with Crippen molar-refractivity contribution >= 4 is 17.5 Å². The summed E-state index contributed by atoms with van der Waals surface area (Å²) in [5, 5.41) is 2.94. The van der Waals surface area contributed by atoms with Gasteiger partial charge in [-0.25, -0.2) is 0 Å². The summed E-state index contributed by atoms with van der Waals surface area (Å²) in [6.45, 7) is 9.86. The van der Waals surface area contributed by atoms with Gasteiger partial charge in [0.1, 0.15) is 32.7 Å². The molecule has 0 spiro atoms. The van der Waals surface area contributed by atoms with Gasteiger partial charge in [-0.2, -0.15) is 0 Å². The van der Waals surface area contributed by atoms with E-state index in [1.165, 1.54) is 16.0 Å². The maximum Gasteiger partial charge on any atom is 0.277 e. The van der Waals surface area contributed by atoms with Crippen molar-refractivity contribution in [3.63, 3.8) is 0 Å². The molecule has 1 fully saturated rings. The fourth-order valence-electron chi connectivity index (χ4n) is 4.21. The Labute approximate surface area is 185 Å². The second-order valence-electron chi connectivity index (χ2n) is 8.65. The van der Waals surface area contributed by atoms with E-state index in [2.05, 4.69) is 43.4 Å². The number of piperazine rings is 1. The van der Waals surface area contributed by atoms with E-state index in [-0.39, 0.29) is 18.4 Å². The van der Waals surface area contributed by atoms with Crippen molar-refractivity contribution < 1.29 is 19.4 Å². The number of amides is 2. The summed E-state index contributed by atoms with van der Waals surface area (Å²) in [4.78, 5) is 29.5. The molecular formula is C25H36N4O2+2. The Hall–Kier alpha value is -2.70. The molecular weight excluding hydrogens is 388 g/mol. The van der Waals surface area contributed by atoms with Crippen LogP contribution in [0, 0.1) is 6.92 Å². The Bertz CT molecular complexity index is 891. The van der Waals surface area contributed by atoms with Crippen LogP contribution in [0.5, 0.6) is 0 Å². The molecule has 3 N–H and O–H groups in total. The number of aryl methyl sites for hydroxylation is 2. The van der Waals surface area contributed by atoms with Crippen molar-refractivity contribution in [1.82, 2.24) is 4.90 Å². The van der Waals surface area contributed by atoms with Gasteiger partial charge in [-0.05, 0) is 25.0 Å². The van der Waals surface area contributed by atoms with Crippen LogP contribution in [-0.4, -0.2) is 63.0 Å². The summed E-state index contributed by atoms with van der Waals surface area (Å²) >= 11 is 0. The number of carbonyl (C=O) groups is 2. The number of para-hydroxylation sites is 1. The molecule has 1 heterocycles. The number of rotatable bonds is 8. The van der Waals surface area contributed by atoms with Gasteiger partial charge >= 0.3 is 0 Å². The van der Waals surface area contributed by atoms with Gasteiger partial charge in [-0.3, -0.25) is 9.59 Å². The Morgan fingerprint density at radius 3 is 2.42 bits per heavy atom. The molecule has 2 aromatic rings. The van der Waals surface area contributed by atoms with Gasteiger partial charge < -0.3 is 20.0 Å². The highest BCUT2D eigenvalue weighted by molar-refractivity contribution is 5.95. The number of benzene rings is 2. The quantitative estimate of drug-likeness (QED) is 0.556. The van der Waals surface area contributed by atoms with Crippen LogP contribution >= 0.6 is 0 Å². The molecule has 6 nitrogen and oxygen atoms in total. The first-order chi connectivity index (χ1) is 14.9. The lowest BCUT2D eigenvalue weighted by Gasteiger charge is -2.30. The number of anilines is 1. The average Bonchev–Trinajstić information content (AvgIpc) is 2.75. The lowest BCUT2D eigenvalue weighted by Crippen LogP contribution is -3.28. The van der Waals surface area contributed by atoms with Crippen LogP contribution in [0.15, 0.2) is 48.5 Å². The molecule has 0 radical (unpaired) electrons. The zero-order chi connectivity index (χ0) is 22.2.